The summed E-state index contributed by atoms with van der Waals surface area (Å²) in [6.45, 7) is 0.264. The monoisotopic (exact) mass is 297 g/mol. The van der Waals surface area contributed by atoms with Crippen molar-refractivity contribution in [1.29, 1.82) is 0 Å². The fourth-order valence-corrected chi connectivity index (χ4v) is 2.78. The summed E-state index contributed by atoms with van der Waals surface area (Å²) < 4.78 is 0. The zero-order valence-electron chi connectivity index (χ0n) is 12.5. The number of hydrogen-bond donors (Lipinski definition) is 2. The van der Waals surface area contributed by atoms with Gasteiger partial charge in [-0.2, -0.15) is 0 Å². The molecule has 114 valence electrons. The first-order valence-corrected chi connectivity index (χ1v) is 7.35. The van der Waals surface area contributed by atoms with Gasteiger partial charge in [0.25, 0.3) is 0 Å². The van der Waals surface area contributed by atoms with Gasteiger partial charge in [-0.25, -0.2) is 4.98 Å². The number of aromatic nitrogens is 1. The molecule has 1 amide bonds. The van der Waals surface area contributed by atoms with Crippen molar-refractivity contribution >= 4 is 11.7 Å². The number of pyridine rings is 1. The Morgan fingerprint density at radius 2 is 2.09 bits per heavy atom. The molecule has 2 heterocycles. The predicted molar refractivity (Wildman–Crippen MR) is 84.6 cm³/mol. The van der Waals surface area contributed by atoms with Crippen LogP contribution >= 0.6 is 0 Å². The maximum absolute atomic E-state index is 12.7. The Bertz CT molecular complexity index is 687. The molecule has 1 aliphatic rings. The summed E-state index contributed by atoms with van der Waals surface area (Å²) in [6, 6.07) is 11.4. The highest BCUT2D eigenvalue weighted by atomic mass is 16.3. The Morgan fingerprint density at radius 3 is 2.91 bits per heavy atom. The molecule has 1 atom stereocenters. The van der Waals surface area contributed by atoms with E-state index in [2.05, 4.69) is 10.3 Å². The molecule has 5 nitrogen and oxygen atoms in total. The van der Waals surface area contributed by atoms with Gasteiger partial charge >= 0.3 is 0 Å². The van der Waals surface area contributed by atoms with Gasteiger partial charge in [-0.05, 0) is 22.8 Å². The lowest BCUT2D eigenvalue weighted by molar-refractivity contribution is -0.131. The summed E-state index contributed by atoms with van der Waals surface area (Å²) in [6.07, 6.45) is 2.47. The summed E-state index contributed by atoms with van der Waals surface area (Å²) >= 11 is 0. The Labute approximate surface area is 129 Å². The third kappa shape index (κ3) is 2.67. The third-order valence-corrected chi connectivity index (χ3v) is 3.98. The molecule has 2 aromatic rings. The summed E-state index contributed by atoms with van der Waals surface area (Å²) in [5.41, 5.74) is 3.17. The van der Waals surface area contributed by atoms with Crippen molar-refractivity contribution < 1.29 is 9.90 Å². The zero-order valence-corrected chi connectivity index (χ0v) is 12.5. The highest BCUT2D eigenvalue weighted by Gasteiger charge is 2.29. The van der Waals surface area contributed by atoms with Gasteiger partial charge in [-0.15, -0.1) is 0 Å². The normalized spacial score (nSPS) is 16.0. The lowest BCUT2D eigenvalue weighted by atomic mass is 9.97. The molecule has 0 bridgehead atoms. The SMILES string of the molecule is CN(CCO)C(=O)[C@H]1Nc2ncccc2Cc2ccccc21. The number of rotatable bonds is 3. The van der Waals surface area contributed by atoms with Crippen molar-refractivity contribution in [3.05, 3.63) is 59.3 Å². The fraction of sp³-hybridized carbons (Fsp3) is 0.294. The van der Waals surface area contributed by atoms with Gasteiger partial charge in [0.1, 0.15) is 11.9 Å². The minimum Gasteiger partial charge on any atom is -0.395 e. The van der Waals surface area contributed by atoms with E-state index in [1.165, 1.54) is 0 Å². The van der Waals surface area contributed by atoms with E-state index >= 15 is 0 Å². The number of nitrogens with one attached hydrogen (secondary N) is 1. The van der Waals surface area contributed by atoms with Gasteiger partial charge in [0.2, 0.25) is 5.91 Å². The minimum atomic E-state index is -0.483. The van der Waals surface area contributed by atoms with E-state index in [1.54, 1.807) is 18.1 Å². The van der Waals surface area contributed by atoms with E-state index in [0.717, 1.165) is 28.9 Å². The topological polar surface area (TPSA) is 65.5 Å². The molecule has 0 saturated carbocycles. The maximum Gasteiger partial charge on any atom is 0.249 e. The number of aliphatic hydroxyl groups is 1. The number of carbonyl (C=O) groups excluding carboxylic acids is 1. The van der Waals surface area contributed by atoms with Crippen LogP contribution in [0.5, 0.6) is 0 Å². The molecule has 0 saturated heterocycles. The first-order chi connectivity index (χ1) is 10.7. The van der Waals surface area contributed by atoms with Crippen LogP contribution in [0, 0.1) is 0 Å². The van der Waals surface area contributed by atoms with E-state index in [0.29, 0.717) is 6.54 Å². The molecule has 5 heteroatoms. The smallest absolute Gasteiger partial charge is 0.249 e. The number of likely N-dealkylation sites (N-methyl/N-ethyl adjacent to an activating group) is 1. The van der Waals surface area contributed by atoms with Crippen LogP contribution in [0.15, 0.2) is 42.6 Å². The summed E-state index contributed by atoms with van der Waals surface area (Å²) in [7, 11) is 1.70. The van der Waals surface area contributed by atoms with E-state index in [1.807, 2.05) is 36.4 Å². The largest absolute Gasteiger partial charge is 0.395 e. The summed E-state index contributed by atoms with van der Waals surface area (Å²) in [5.74, 6) is 0.675. The Morgan fingerprint density at radius 1 is 1.32 bits per heavy atom. The number of hydrogen-bond acceptors (Lipinski definition) is 4. The third-order valence-electron chi connectivity index (χ3n) is 3.98. The van der Waals surface area contributed by atoms with E-state index < -0.39 is 6.04 Å². The molecule has 2 N–H and O–H groups in total. The second kappa shape index (κ2) is 6.15. The standard InChI is InChI=1S/C17H19N3O2/c1-20(9-10-21)17(22)15-14-7-3-2-5-12(14)11-13-6-4-8-18-16(13)19-15/h2-8,15,21H,9-11H2,1H3,(H,18,19)/t15-/m0/s1. The average Bonchev–Trinajstić information content (AvgIpc) is 2.71. The van der Waals surface area contributed by atoms with Gasteiger partial charge in [0.15, 0.2) is 0 Å². The van der Waals surface area contributed by atoms with Crippen molar-refractivity contribution in [1.82, 2.24) is 9.88 Å². The molecule has 1 aromatic heterocycles. The molecule has 3 rings (SSSR count). The summed E-state index contributed by atoms with van der Waals surface area (Å²) in [5, 5.41) is 12.3. The molecular weight excluding hydrogens is 278 g/mol. The van der Waals surface area contributed by atoms with Crippen molar-refractivity contribution in [2.24, 2.45) is 0 Å². The molecule has 0 spiro atoms. The number of nitrogens with zero attached hydrogens (tertiary/aromatic N) is 2. The van der Waals surface area contributed by atoms with Crippen LogP contribution < -0.4 is 5.32 Å². The Kier molecular flexibility index (Phi) is 4.06. The Balaban J connectivity index is 2.03. The van der Waals surface area contributed by atoms with Gasteiger partial charge in [0, 0.05) is 26.2 Å². The fourth-order valence-electron chi connectivity index (χ4n) is 2.78. The van der Waals surface area contributed by atoms with E-state index in [4.69, 9.17) is 5.11 Å². The van der Waals surface area contributed by atoms with Crippen LogP contribution in [0.25, 0.3) is 0 Å². The first-order valence-electron chi connectivity index (χ1n) is 7.35. The van der Waals surface area contributed by atoms with Crippen LogP contribution in [0.4, 0.5) is 5.82 Å². The molecule has 0 aliphatic carbocycles. The maximum atomic E-state index is 12.7. The van der Waals surface area contributed by atoms with Crippen molar-refractivity contribution in [2.45, 2.75) is 12.5 Å². The molecule has 0 radical (unpaired) electrons. The molecule has 22 heavy (non-hydrogen) atoms. The van der Waals surface area contributed by atoms with Crippen molar-refractivity contribution in [3.63, 3.8) is 0 Å². The lowest BCUT2D eigenvalue weighted by Gasteiger charge is -2.24. The highest BCUT2D eigenvalue weighted by molar-refractivity contribution is 5.87. The zero-order chi connectivity index (χ0) is 15.5. The lowest BCUT2D eigenvalue weighted by Crippen LogP contribution is -2.37. The van der Waals surface area contributed by atoms with E-state index in [9.17, 15) is 4.79 Å². The number of fused-ring (bicyclic) bond motifs is 2. The molecule has 0 fully saturated rings. The summed E-state index contributed by atoms with van der Waals surface area (Å²) in [4.78, 5) is 18.7. The van der Waals surface area contributed by atoms with E-state index in [-0.39, 0.29) is 12.5 Å². The highest BCUT2D eigenvalue weighted by Crippen LogP contribution is 2.31. The van der Waals surface area contributed by atoms with Crippen molar-refractivity contribution in [3.8, 4) is 0 Å². The van der Waals surface area contributed by atoms with Crippen LogP contribution in [0.2, 0.25) is 0 Å². The number of anilines is 1. The van der Waals surface area contributed by atoms with Crippen LogP contribution in [-0.2, 0) is 11.2 Å². The van der Waals surface area contributed by atoms with Gasteiger partial charge in [-0.1, -0.05) is 30.3 Å². The molecule has 0 unspecified atom stereocenters. The van der Waals surface area contributed by atoms with Gasteiger partial charge < -0.3 is 15.3 Å². The van der Waals surface area contributed by atoms with Gasteiger partial charge in [0.05, 0.1) is 6.61 Å². The number of carbonyl (C=O) groups is 1. The molecular formula is C17H19N3O2. The number of aliphatic hydroxyl groups excluding tert-OH is 1. The second-order valence-corrected chi connectivity index (χ2v) is 5.45. The minimum absolute atomic E-state index is 0.0502. The van der Waals surface area contributed by atoms with Crippen LogP contribution in [-0.4, -0.2) is 41.1 Å². The first kappa shape index (κ1) is 14.5. The Hall–Kier alpha value is -2.40. The molecule has 1 aromatic carbocycles. The van der Waals surface area contributed by atoms with Crippen molar-refractivity contribution in [2.75, 3.05) is 25.5 Å². The average molecular weight is 297 g/mol. The number of amides is 1. The quantitative estimate of drug-likeness (QED) is 0.903. The van der Waals surface area contributed by atoms with Crippen LogP contribution in [0.1, 0.15) is 22.7 Å². The predicted octanol–water partition coefficient (Wildman–Crippen LogP) is 1.59. The van der Waals surface area contributed by atoms with Gasteiger partial charge in [-0.3, -0.25) is 4.79 Å². The number of benzene rings is 1. The molecule has 1 aliphatic heterocycles. The second-order valence-electron chi connectivity index (χ2n) is 5.45. The van der Waals surface area contributed by atoms with Crippen LogP contribution in [0.3, 0.4) is 0 Å².